The highest BCUT2D eigenvalue weighted by Crippen LogP contribution is 2.19. The Morgan fingerprint density at radius 1 is 1.68 bits per heavy atom. The van der Waals surface area contributed by atoms with Crippen molar-refractivity contribution in [2.24, 2.45) is 7.05 Å². The first-order valence-electron chi connectivity index (χ1n) is 6.58. The number of likely N-dealkylation sites (N-methyl/N-ethyl adjacent to an activating group) is 1. The molecule has 1 aromatic heterocycles. The van der Waals surface area contributed by atoms with Crippen LogP contribution in [-0.2, 0) is 23.1 Å². The second-order valence-electron chi connectivity index (χ2n) is 5.17. The van der Waals surface area contributed by atoms with Gasteiger partial charge in [0.2, 0.25) is 0 Å². The van der Waals surface area contributed by atoms with Crippen LogP contribution in [0, 0.1) is 0 Å². The van der Waals surface area contributed by atoms with Crippen LogP contribution in [0.5, 0.6) is 0 Å². The van der Waals surface area contributed by atoms with Gasteiger partial charge in [0, 0.05) is 32.0 Å². The zero-order valence-electron chi connectivity index (χ0n) is 11.8. The maximum atomic E-state index is 11.7. The van der Waals surface area contributed by atoms with Gasteiger partial charge in [-0.25, -0.2) is 4.98 Å². The smallest absolute Gasteiger partial charge is 0.324 e. The van der Waals surface area contributed by atoms with E-state index >= 15 is 0 Å². The van der Waals surface area contributed by atoms with Gasteiger partial charge in [-0.1, -0.05) is 0 Å². The van der Waals surface area contributed by atoms with E-state index in [0.717, 1.165) is 18.7 Å². The molecular formula is C13H22N4O2. The predicted octanol–water partition coefficient (Wildman–Crippen LogP) is 0.146. The first-order valence-corrected chi connectivity index (χ1v) is 6.58. The number of carbonyl (C=O) groups is 1. The average Bonchev–Trinajstić information content (AvgIpc) is 3.11. The summed E-state index contributed by atoms with van der Waals surface area (Å²) in [5, 5.41) is 3.32. The molecule has 19 heavy (non-hydrogen) atoms. The summed E-state index contributed by atoms with van der Waals surface area (Å²) in [5.74, 6) is 0.788. The van der Waals surface area contributed by atoms with Gasteiger partial charge in [-0.05, 0) is 19.9 Å². The highest BCUT2D eigenvalue weighted by molar-refractivity contribution is 5.76. The Morgan fingerprint density at radius 2 is 2.42 bits per heavy atom. The van der Waals surface area contributed by atoms with E-state index in [-0.39, 0.29) is 12.0 Å². The van der Waals surface area contributed by atoms with Crippen LogP contribution in [0.25, 0.3) is 0 Å². The molecule has 2 rings (SSSR count). The van der Waals surface area contributed by atoms with Gasteiger partial charge in [0.15, 0.2) is 0 Å². The Balaban J connectivity index is 1.88. The standard InChI is InChI=1S/C13H22N4O2/c1-16(9-12-14-6-7-17(12)2)8-11(13(18)19-3)15-10-4-5-10/h6-7,10-11,15H,4-5,8-9H2,1-3H3. The molecule has 1 saturated carbocycles. The number of rotatable bonds is 7. The van der Waals surface area contributed by atoms with E-state index in [4.69, 9.17) is 4.74 Å². The van der Waals surface area contributed by atoms with Crippen molar-refractivity contribution in [2.45, 2.75) is 31.5 Å². The molecule has 1 aromatic rings. The molecule has 1 aliphatic carbocycles. The van der Waals surface area contributed by atoms with Crippen molar-refractivity contribution in [3.63, 3.8) is 0 Å². The van der Waals surface area contributed by atoms with Crippen molar-refractivity contribution >= 4 is 5.97 Å². The summed E-state index contributed by atoms with van der Waals surface area (Å²) in [6, 6.07) is 0.216. The van der Waals surface area contributed by atoms with Gasteiger partial charge in [0.25, 0.3) is 0 Å². The molecule has 0 radical (unpaired) electrons. The SMILES string of the molecule is COC(=O)C(CN(C)Cc1nccn1C)NC1CC1. The number of nitrogens with one attached hydrogen (secondary N) is 1. The van der Waals surface area contributed by atoms with Gasteiger partial charge in [-0.3, -0.25) is 9.69 Å². The fourth-order valence-electron chi connectivity index (χ4n) is 2.04. The van der Waals surface area contributed by atoms with Gasteiger partial charge in [-0.2, -0.15) is 0 Å². The van der Waals surface area contributed by atoms with Crippen molar-refractivity contribution in [3.8, 4) is 0 Å². The molecule has 6 nitrogen and oxygen atoms in total. The molecule has 0 amide bonds. The number of ether oxygens (including phenoxy) is 1. The Hall–Kier alpha value is -1.40. The van der Waals surface area contributed by atoms with Gasteiger partial charge < -0.3 is 14.6 Å². The minimum Gasteiger partial charge on any atom is -0.468 e. The molecular weight excluding hydrogens is 244 g/mol. The van der Waals surface area contributed by atoms with Crippen LogP contribution in [0.1, 0.15) is 18.7 Å². The number of aromatic nitrogens is 2. The lowest BCUT2D eigenvalue weighted by atomic mass is 10.2. The molecule has 1 atom stereocenters. The number of imidazole rings is 1. The van der Waals surface area contributed by atoms with Crippen LogP contribution in [-0.4, -0.2) is 53.2 Å². The first-order chi connectivity index (χ1) is 9.10. The van der Waals surface area contributed by atoms with Gasteiger partial charge in [0.1, 0.15) is 11.9 Å². The number of hydrogen-bond donors (Lipinski definition) is 1. The van der Waals surface area contributed by atoms with Crippen molar-refractivity contribution < 1.29 is 9.53 Å². The van der Waals surface area contributed by atoms with E-state index in [9.17, 15) is 4.79 Å². The zero-order chi connectivity index (χ0) is 13.8. The van der Waals surface area contributed by atoms with Crippen LogP contribution in [0.4, 0.5) is 0 Å². The monoisotopic (exact) mass is 266 g/mol. The molecule has 1 aliphatic rings. The molecule has 1 unspecified atom stereocenters. The molecule has 0 bridgehead atoms. The maximum Gasteiger partial charge on any atom is 0.324 e. The maximum absolute atomic E-state index is 11.7. The predicted molar refractivity (Wildman–Crippen MR) is 71.5 cm³/mol. The minimum absolute atomic E-state index is 0.196. The lowest BCUT2D eigenvalue weighted by Crippen LogP contribution is -2.46. The summed E-state index contributed by atoms with van der Waals surface area (Å²) in [7, 11) is 5.39. The van der Waals surface area contributed by atoms with E-state index in [1.54, 1.807) is 6.20 Å². The summed E-state index contributed by atoms with van der Waals surface area (Å²) in [6.45, 7) is 1.33. The first kappa shape index (κ1) is 14.0. The molecule has 1 heterocycles. The summed E-state index contributed by atoms with van der Waals surface area (Å²) in [5.41, 5.74) is 0. The number of hydrogen-bond acceptors (Lipinski definition) is 5. The number of esters is 1. The van der Waals surface area contributed by atoms with Crippen LogP contribution < -0.4 is 5.32 Å². The zero-order valence-corrected chi connectivity index (χ0v) is 11.8. The summed E-state index contributed by atoms with van der Waals surface area (Å²) < 4.78 is 6.84. The van der Waals surface area contributed by atoms with E-state index in [1.807, 2.05) is 24.9 Å². The third-order valence-electron chi connectivity index (χ3n) is 3.33. The Bertz CT molecular complexity index is 428. The van der Waals surface area contributed by atoms with Crippen molar-refractivity contribution in [2.75, 3.05) is 20.7 Å². The number of aryl methyl sites for hydroxylation is 1. The lowest BCUT2D eigenvalue weighted by Gasteiger charge is -2.23. The molecule has 1 fully saturated rings. The molecule has 6 heteroatoms. The Morgan fingerprint density at radius 3 is 2.95 bits per heavy atom. The van der Waals surface area contributed by atoms with Crippen LogP contribution in [0.3, 0.4) is 0 Å². The molecule has 106 valence electrons. The quantitative estimate of drug-likeness (QED) is 0.712. The Kier molecular flexibility index (Phi) is 4.55. The van der Waals surface area contributed by atoms with Crippen molar-refractivity contribution in [3.05, 3.63) is 18.2 Å². The highest BCUT2D eigenvalue weighted by atomic mass is 16.5. The van der Waals surface area contributed by atoms with E-state index in [0.29, 0.717) is 19.1 Å². The van der Waals surface area contributed by atoms with E-state index < -0.39 is 0 Å². The van der Waals surface area contributed by atoms with Crippen LogP contribution in [0.2, 0.25) is 0 Å². The Labute approximate surface area is 113 Å². The van der Waals surface area contributed by atoms with Crippen LogP contribution in [0.15, 0.2) is 12.4 Å². The van der Waals surface area contributed by atoms with Crippen LogP contribution >= 0.6 is 0 Å². The average molecular weight is 266 g/mol. The third-order valence-corrected chi connectivity index (χ3v) is 3.33. The van der Waals surface area contributed by atoms with Gasteiger partial charge in [0.05, 0.1) is 13.7 Å². The topological polar surface area (TPSA) is 59.4 Å². The fraction of sp³-hybridized carbons (Fsp3) is 0.692. The normalized spacial score (nSPS) is 16.6. The fourth-order valence-corrected chi connectivity index (χ4v) is 2.04. The second kappa shape index (κ2) is 6.16. The minimum atomic E-state index is -0.261. The number of carbonyl (C=O) groups excluding carboxylic acids is 1. The van der Waals surface area contributed by atoms with E-state index in [2.05, 4.69) is 15.2 Å². The number of nitrogens with zero attached hydrogens (tertiary/aromatic N) is 3. The van der Waals surface area contributed by atoms with Gasteiger partial charge >= 0.3 is 5.97 Å². The number of methoxy groups -OCH3 is 1. The largest absolute Gasteiger partial charge is 0.468 e. The third kappa shape index (κ3) is 4.04. The van der Waals surface area contributed by atoms with E-state index in [1.165, 1.54) is 7.11 Å². The molecule has 1 N–H and O–H groups in total. The summed E-state index contributed by atoms with van der Waals surface area (Å²) in [4.78, 5) is 18.1. The van der Waals surface area contributed by atoms with Gasteiger partial charge in [-0.15, -0.1) is 0 Å². The second-order valence-corrected chi connectivity index (χ2v) is 5.17. The molecule has 0 aliphatic heterocycles. The molecule has 0 saturated heterocycles. The summed E-state index contributed by atoms with van der Waals surface area (Å²) in [6.07, 6.45) is 6.00. The van der Waals surface area contributed by atoms with Crippen molar-refractivity contribution in [1.82, 2.24) is 19.8 Å². The highest BCUT2D eigenvalue weighted by Gasteiger charge is 2.29. The lowest BCUT2D eigenvalue weighted by molar-refractivity contribution is -0.143. The van der Waals surface area contributed by atoms with Crippen molar-refractivity contribution in [1.29, 1.82) is 0 Å². The molecule has 0 aromatic carbocycles. The summed E-state index contributed by atoms with van der Waals surface area (Å²) >= 11 is 0. The molecule has 0 spiro atoms.